The van der Waals surface area contributed by atoms with Crippen molar-refractivity contribution in [2.75, 3.05) is 49.2 Å². The van der Waals surface area contributed by atoms with Crippen LogP contribution in [0.3, 0.4) is 0 Å². The van der Waals surface area contributed by atoms with Gasteiger partial charge in [0, 0.05) is 121 Å². The highest BCUT2D eigenvalue weighted by Crippen LogP contribution is 2.26. The zero-order valence-corrected chi connectivity index (χ0v) is 53.2. The second-order valence-electron chi connectivity index (χ2n) is 21.3. The zero-order valence-electron chi connectivity index (χ0n) is 50.2. The first kappa shape index (κ1) is 68.1. The fraction of sp³-hybridized carbons (Fsp3) is 0.143. The number of aliphatic imine (C=N–C) groups is 1. The van der Waals surface area contributed by atoms with Crippen LogP contribution in [0.1, 0.15) is 109 Å². The van der Waals surface area contributed by atoms with E-state index in [0.717, 1.165) is 73.2 Å². The number of rotatable bonds is 18. The third kappa shape index (κ3) is 18.3. The highest BCUT2D eigenvalue weighted by atomic mass is 35.5. The van der Waals surface area contributed by atoms with Gasteiger partial charge in [0.25, 0.3) is 17.7 Å². The summed E-state index contributed by atoms with van der Waals surface area (Å²) in [6.07, 6.45) is 4.97. The van der Waals surface area contributed by atoms with Crippen molar-refractivity contribution in [3.63, 3.8) is 0 Å². The van der Waals surface area contributed by atoms with Crippen molar-refractivity contribution in [3.05, 3.63) is 281 Å². The maximum atomic E-state index is 13.9. The summed E-state index contributed by atoms with van der Waals surface area (Å²) in [7, 11) is 1.67. The van der Waals surface area contributed by atoms with Gasteiger partial charge in [0.2, 0.25) is 0 Å². The molecular formula is C70H56Cl4F3N11O6. The molecule has 0 radical (unpaired) electrons. The quantitative estimate of drug-likeness (QED) is 0.0234. The van der Waals surface area contributed by atoms with Gasteiger partial charge < -0.3 is 25.8 Å². The Morgan fingerprint density at radius 3 is 1.09 bits per heavy atom. The topological polar surface area (TPSA) is 243 Å². The first-order valence-corrected chi connectivity index (χ1v) is 30.5. The maximum absolute atomic E-state index is 13.9. The van der Waals surface area contributed by atoms with Crippen molar-refractivity contribution >= 4 is 116 Å². The summed E-state index contributed by atoms with van der Waals surface area (Å²) in [5.41, 5.74) is 5.63. The molecule has 11 rings (SSSR count). The Kier molecular flexibility index (Phi) is 22.7. The molecule has 6 aromatic carbocycles. The molecule has 0 aliphatic carbocycles. The SMILES string of the molecule is CN=C(C)c1ccc(C(=O)Cc2ccc(F)cc2C(=O)Nc2ccc(Cl)cn2)c(Cl)c1.N=C(c1ccc(C(=O)Cc2ccc(F)cc2C(=O)Nc2ccc(Cl)cn2)cc1)N1CC1.N=C(c1ccc(C(=O)Cc2ccc(F)cc2C(=O)Nc2ccc(Cl)cn2)cc1)N1CCC1. The predicted molar refractivity (Wildman–Crippen MR) is 359 cm³/mol. The van der Waals surface area contributed by atoms with Gasteiger partial charge >= 0.3 is 0 Å². The molecule has 0 bridgehead atoms. The first-order valence-electron chi connectivity index (χ1n) is 28.9. The number of likely N-dealkylation sites (tertiary alicyclic amines) is 1. The average Bonchev–Trinajstić information content (AvgIpc) is 1.02. The van der Waals surface area contributed by atoms with Gasteiger partial charge in [0.05, 0.1) is 20.1 Å². The number of anilines is 3. The third-order valence-corrected chi connectivity index (χ3v) is 15.8. The maximum Gasteiger partial charge on any atom is 0.257 e. The molecule has 5 N–H and O–H groups in total. The lowest BCUT2D eigenvalue weighted by Gasteiger charge is -2.33. The van der Waals surface area contributed by atoms with Gasteiger partial charge in [-0.3, -0.25) is 44.6 Å². The molecule has 2 saturated heterocycles. The van der Waals surface area contributed by atoms with E-state index in [4.69, 9.17) is 57.2 Å². The minimum Gasteiger partial charge on any atom is -0.356 e. The fourth-order valence-corrected chi connectivity index (χ4v) is 9.98. The van der Waals surface area contributed by atoms with Crippen molar-refractivity contribution in [2.45, 2.75) is 32.6 Å². The molecule has 9 aromatic rings. The molecule has 5 heterocycles. The highest BCUT2D eigenvalue weighted by molar-refractivity contribution is 6.34. The number of aromatic nitrogens is 3. The van der Waals surface area contributed by atoms with Crippen LogP contribution in [0.2, 0.25) is 20.1 Å². The molecule has 0 unspecified atom stereocenters. The largest absolute Gasteiger partial charge is 0.356 e. The number of nitrogens with zero attached hydrogens (tertiary/aromatic N) is 6. The molecule has 0 spiro atoms. The fourth-order valence-electron chi connectivity index (χ4n) is 9.36. The highest BCUT2D eigenvalue weighted by Gasteiger charge is 2.25. The molecule has 0 atom stereocenters. The normalized spacial score (nSPS) is 12.2. The number of amidine groups is 2. The summed E-state index contributed by atoms with van der Waals surface area (Å²) in [6, 6.07) is 39.2. The van der Waals surface area contributed by atoms with E-state index in [-0.39, 0.29) is 75.8 Å². The van der Waals surface area contributed by atoms with E-state index in [9.17, 15) is 41.9 Å². The number of hydrogen-bond acceptors (Lipinski definition) is 12. The van der Waals surface area contributed by atoms with Crippen LogP contribution in [0.5, 0.6) is 0 Å². The molecule has 476 valence electrons. The Morgan fingerprint density at radius 2 is 0.777 bits per heavy atom. The molecule has 2 fully saturated rings. The van der Waals surface area contributed by atoms with Crippen LogP contribution >= 0.6 is 46.4 Å². The second kappa shape index (κ2) is 31.4. The first-order chi connectivity index (χ1) is 45.1. The van der Waals surface area contributed by atoms with Crippen molar-refractivity contribution in [1.29, 1.82) is 10.8 Å². The average molecular weight is 1350 g/mol. The van der Waals surface area contributed by atoms with E-state index < -0.39 is 35.2 Å². The molecule has 2 aliphatic rings. The number of Topliss-reactive ketones (excluding diaryl/α,β-unsaturated/α-hetero) is 3. The van der Waals surface area contributed by atoms with Gasteiger partial charge in [-0.1, -0.05) is 119 Å². The summed E-state index contributed by atoms with van der Waals surface area (Å²) in [5.74, 6) is -2.54. The lowest BCUT2D eigenvalue weighted by molar-refractivity contribution is 0.0980. The van der Waals surface area contributed by atoms with Crippen LogP contribution in [0.15, 0.2) is 181 Å². The van der Waals surface area contributed by atoms with Crippen molar-refractivity contribution in [1.82, 2.24) is 24.8 Å². The Morgan fingerprint density at radius 1 is 0.436 bits per heavy atom. The van der Waals surface area contributed by atoms with E-state index in [1.165, 1.54) is 73.2 Å². The summed E-state index contributed by atoms with van der Waals surface area (Å²) in [6.45, 7) is 5.34. The summed E-state index contributed by atoms with van der Waals surface area (Å²) in [4.78, 5) is 96.6. The molecule has 3 aromatic heterocycles. The Labute approximate surface area is 558 Å². The van der Waals surface area contributed by atoms with Crippen LogP contribution in [0.25, 0.3) is 0 Å². The molecular weight excluding hydrogens is 1290 g/mol. The Bertz CT molecular complexity index is 4400. The molecule has 3 amide bonds. The monoisotopic (exact) mass is 1340 g/mol. The molecule has 0 saturated carbocycles. The van der Waals surface area contributed by atoms with Crippen LogP contribution in [-0.4, -0.2) is 110 Å². The van der Waals surface area contributed by atoms with Crippen molar-refractivity contribution < 1.29 is 41.9 Å². The summed E-state index contributed by atoms with van der Waals surface area (Å²) < 4.78 is 41.5. The second-order valence-corrected chi connectivity index (χ2v) is 23.1. The minimum absolute atomic E-state index is 0.0341. The van der Waals surface area contributed by atoms with Gasteiger partial charge in [-0.25, -0.2) is 28.1 Å². The van der Waals surface area contributed by atoms with Gasteiger partial charge in [-0.2, -0.15) is 0 Å². The molecule has 17 nitrogen and oxygen atoms in total. The van der Waals surface area contributed by atoms with E-state index in [2.05, 4.69) is 35.9 Å². The predicted octanol–water partition coefficient (Wildman–Crippen LogP) is 14.4. The van der Waals surface area contributed by atoms with Crippen LogP contribution < -0.4 is 16.0 Å². The standard InChI is InChI=1S/C24H20ClFN4O2.C23H18Cl2FN3O2.C23H18ClFN4O2/c25-18-7-9-22(28-14-18)29-24(32)20-13-19(26)8-6-17(20)12-21(31)15-2-4-16(5-3-15)23(27)30-10-1-11-30;1-13(27-2)14-4-7-18(20(25)9-14)21(30)10-15-3-6-17(26)11-19(15)23(31)29-22-8-5-16(24)12-28-22;24-17-6-8-21(27-13-17)28-23(31)19-12-18(25)7-5-16(19)11-20(30)14-1-3-15(4-2-14)22(26)29-9-10-29/h2-9,13-14,27H,1,10-12H2,(H,28,29,32);3-9,11-12H,10H2,1-2H3,(H,28,29,31);1-8,12-13,26H,9-11H2,(H,27,28,31). The van der Waals surface area contributed by atoms with E-state index in [0.29, 0.717) is 60.1 Å². The molecule has 94 heavy (non-hydrogen) atoms. The molecule has 2 aliphatic heterocycles. The summed E-state index contributed by atoms with van der Waals surface area (Å²) >= 11 is 23.7. The molecule has 24 heteroatoms. The van der Waals surface area contributed by atoms with E-state index in [1.807, 2.05) is 16.7 Å². The van der Waals surface area contributed by atoms with Crippen LogP contribution in [0, 0.1) is 28.3 Å². The van der Waals surface area contributed by atoms with E-state index in [1.54, 1.807) is 92.0 Å². The number of benzene rings is 6. The smallest absolute Gasteiger partial charge is 0.257 e. The van der Waals surface area contributed by atoms with Gasteiger partial charge in [0.15, 0.2) is 17.3 Å². The number of amides is 3. The van der Waals surface area contributed by atoms with Gasteiger partial charge in [-0.05, 0) is 121 Å². The van der Waals surface area contributed by atoms with Crippen LogP contribution in [0.4, 0.5) is 30.6 Å². The number of carbonyl (C=O) groups excluding carboxylic acids is 6. The van der Waals surface area contributed by atoms with Gasteiger partial charge in [-0.15, -0.1) is 0 Å². The number of pyridine rings is 3. The number of carbonyl (C=O) groups is 6. The Hall–Kier alpha value is -10.3. The lowest BCUT2D eigenvalue weighted by atomic mass is 9.97. The van der Waals surface area contributed by atoms with Crippen LogP contribution in [-0.2, 0) is 19.3 Å². The zero-order chi connectivity index (χ0) is 67.2. The number of ketones is 3. The van der Waals surface area contributed by atoms with Crippen molar-refractivity contribution in [3.8, 4) is 0 Å². The van der Waals surface area contributed by atoms with Gasteiger partial charge in [0.1, 0.15) is 46.6 Å². The Balaban J connectivity index is 0.000000166. The van der Waals surface area contributed by atoms with Crippen molar-refractivity contribution in [2.24, 2.45) is 4.99 Å². The number of nitrogens with one attached hydrogen (secondary N) is 5. The minimum atomic E-state index is -0.595. The number of hydrogen-bond donors (Lipinski definition) is 5. The lowest BCUT2D eigenvalue weighted by Crippen LogP contribution is -2.42. The third-order valence-electron chi connectivity index (χ3n) is 14.8. The van der Waals surface area contributed by atoms with E-state index >= 15 is 0 Å². The number of halogens is 7. The summed E-state index contributed by atoms with van der Waals surface area (Å²) in [5, 5.41) is 25.5.